The van der Waals surface area contributed by atoms with Gasteiger partial charge in [-0.25, -0.2) is 4.79 Å². The molecule has 13 heavy (non-hydrogen) atoms. The molecule has 68 valence electrons. The second kappa shape index (κ2) is 3.71. The van der Waals surface area contributed by atoms with Crippen LogP contribution < -0.4 is 5.43 Å². The van der Waals surface area contributed by atoms with Crippen molar-refractivity contribution in [3.05, 3.63) is 40.1 Å². The Morgan fingerprint density at radius 1 is 1.31 bits per heavy atom. The Hall–Kier alpha value is -1.84. The minimum Gasteiger partial charge on any atom is -0.504 e. The molecule has 0 saturated heterocycles. The van der Waals surface area contributed by atoms with Gasteiger partial charge in [0.05, 0.1) is 12.7 Å². The highest BCUT2D eigenvalue weighted by Gasteiger charge is 2.03. The van der Waals surface area contributed by atoms with Crippen molar-refractivity contribution in [3.63, 3.8) is 0 Å². The first-order valence-electron chi connectivity index (χ1n) is 3.57. The summed E-state index contributed by atoms with van der Waals surface area (Å²) >= 11 is 0. The summed E-state index contributed by atoms with van der Waals surface area (Å²) in [6.45, 7) is 0. The second-order valence-electron chi connectivity index (χ2n) is 2.36. The van der Waals surface area contributed by atoms with Crippen molar-refractivity contribution in [1.29, 1.82) is 0 Å². The smallest absolute Gasteiger partial charge is 0.337 e. The number of rotatable bonds is 1. The number of methoxy groups -OCH3 is 1. The lowest BCUT2D eigenvalue weighted by atomic mass is 10.3. The average molecular weight is 180 g/mol. The van der Waals surface area contributed by atoms with E-state index in [1.165, 1.54) is 19.2 Å². The Morgan fingerprint density at radius 2 is 1.92 bits per heavy atom. The minimum absolute atomic E-state index is 0.222. The zero-order valence-electron chi connectivity index (χ0n) is 6.98. The molecule has 0 atom stereocenters. The third-order valence-electron chi connectivity index (χ3n) is 1.51. The van der Waals surface area contributed by atoms with Gasteiger partial charge < -0.3 is 9.84 Å². The van der Waals surface area contributed by atoms with Crippen LogP contribution in [0.2, 0.25) is 0 Å². The quantitative estimate of drug-likeness (QED) is 0.640. The Morgan fingerprint density at radius 3 is 2.54 bits per heavy atom. The molecule has 0 aliphatic rings. The second-order valence-corrected chi connectivity index (χ2v) is 2.36. The zero-order valence-corrected chi connectivity index (χ0v) is 6.98. The Labute approximate surface area is 74.4 Å². The van der Waals surface area contributed by atoms with Gasteiger partial charge >= 0.3 is 5.97 Å². The van der Waals surface area contributed by atoms with Crippen molar-refractivity contribution in [3.8, 4) is 5.75 Å². The van der Waals surface area contributed by atoms with E-state index in [1.807, 2.05) is 0 Å². The molecule has 0 heterocycles. The average Bonchev–Trinajstić information content (AvgIpc) is 2.30. The van der Waals surface area contributed by atoms with Crippen LogP contribution in [0.4, 0.5) is 0 Å². The van der Waals surface area contributed by atoms with E-state index in [0.29, 0.717) is 0 Å². The van der Waals surface area contributed by atoms with E-state index in [0.717, 1.165) is 12.1 Å². The van der Waals surface area contributed by atoms with Crippen molar-refractivity contribution in [1.82, 2.24) is 0 Å². The van der Waals surface area contributed by atoms with Gasteiger partial charge in [-0.05, 0) is 24.3 Å². The zero-order chi connectivity index (χ0) is 9.84. The summed E-state index contributed by atoms with van der Waals surface area (Å²) in [7, 11) is 1.24. The molecular weight excluding hydrogens is 172 g/mol. The van der Waals surface area contributed by atoms with Crippen molar-refractivity contribution in [2.75, 3.05) is 7.11 Å². The van der Waals surface area contributed by atoms with E-state index in [2.05, 4.69) is 4.74 Å². The molecule has 1 aromatic carbocycles. The molecule has 0 aliphatic carbocycles. The van der Waals surface area contributed by atoms with E-state index < -0.39 is 17.1 Å². The van der Waals surface area contributed by atoms with E-state index in [-0.39, 0.29) is 5.56 Å². The normalized spacial score (nSPS) is 9.31. The SMILES string of the molecule is COC(=O)c1ccc(O)c(=O)cc1. The van der Waals surface area contributed by atoms with Gasteiger partial charge in [-0.15, -0.1) is 0 Å². The lowest BCUT2D eigenvalue weighted by molar-refractivity contribution is 0.0601. The molecule has 0 aliphatic heterocycles. The predicted molar refractivity (Wildman–Crippen MR) is 45.7 cm³/mol. The van der Waals surface area contributed by atoms with Crippen molar-refractivity contribution in [2.24, 2.45) is 0 Å². The van der Waals surface area contributed by atoms with Crippen molar-refractivity contribution >= 4 is 5.97 Å². The van der Waals surface area contributed by atoms with Crippen molar-refractivity contribution in [2.45, 2.75) is 0 Å². The number of carbonyl (C=O) groups is 1. The van der Waals surface area contributed by atoms with Gasteiger partial charge in [-0.1, -0.05) is 0 Å². The Kier molecular flexibility index (Phi) is 2.64. The fourth-order valence-corrected chi connectivity index (χ4v) is 0.811. The Balaban J connectivity index is 3.24. The summed E-state index contributed by atoms with van der Waals surface area (Å²) in [6.07, 6.45) is 0. The summed E-state index contributed by atoms with van der Waals surface area (Å²) in [6, 6.07) is 4.90. The molecule has 0 aromatic heterocycles. The molecule has 0 amide bonds. The first kappa shape index (κ1) is 9.25. The van der Waals surface area contributed by atoms with E-state index >= 15 is 0 Å². The van der Waals surface area contributed by atoms with Crippen molar-refractivity contribution < 1.29 is 14.6 Å². The molecule has 4 nitrogen and oxygen atoms in total. The summed E-state index contributed by atoms with van der Waals surface area (Å²) < 4.78 is 4.44. The fraction of sp³-hybridized carbons (Fsp3) is 0.111. The van der Waals surface area contributed by atoms with Crippen LogP contribution in [-0.2, 0) is 4.74 Å². The molecule has 0 fully saturated rings. The molecule has 0 bridgehead atoms. The van der Waals surface area contributed by atoms with Gasteiger partial charge in [-0.3, -0.25) is 4.79 Å². The molecule has 0 saturated carbocycles. The lowest BCUT2D eigenvalue weighted by Gasteiger charge is -1.92. The Bertz CT molecular complexity index is 384. The number of hydrogen-bond acceptors (Lipinski definition) is 4. The van der Waals surface area contributed by atoms with Crippen LogP contribution >= 0.6 is 0 Å². The van der Waals surface area contributed by atoms with Crippen LogP contribution in [0.15, 0.2) is 29.1 Å². The number of esters is 1. The standard InChI is InChI=1S/C9H8O4/c1-13-9(12)6-2-4-7(10)8(11)5-3-6/h2-5H,1H3,(H,10,11). The summed E-state index contributed by atoms with van der Waals surface area (Å²) in [5, 5.41) is 8.99. The van der Waals surface area contributed by atoms with Gasteiger partial charge in [0.2, 0.25) is 5.43 Å². The van der Waals surface area contributed by atoms with Crippen LogP contribution in [0.1, 0.15) is 10.4 Å². The lowest BCUT2D eigenvalue weighted by Crippen LogP contribution is -1.99. The summed E-state index contributed by atoms with van der Waals surface area (Å²) in [5.74, 6) is -0.940. The van der Waals surface area contributed by atoms with Crippen LogP contribution in [-0.4, -0.2) is 18.2 Å². The summed E-state index contributed by atoms with van der Waals surface area (Å²) in [5.41, 5.74) is -0.310. The molecule has 4 heteroatoms. The first-order chi connectivity index (χ1) is 6.15. The predicted octanol–water partition coefficient (Wildman–Crippen LogP) is 0.539. The molecule has 0 unspecified atom stereocenters. The van der Waals surface area contributed by atoms with Gasteiger partial charge in [-0.2, -0.15) is 0 Å². The van der Waals surface area contributed by atoms with E-state index in [4.69, 9.17) is 5.11 Å². The fourth-order valence-electron chi connectivity index (χ4n) is 0.811. The maximum Gasteiger partial charge on any atom is 0.337 e. The number of aromatic hydroxyl groups is 1. The van der Waals surface area contributed by atoms with Gasteiger partial charge in [0.15, 0.2) is 5.75 Å². The monoisotopic (exact) mass is 180 g/mol. The highest BCUT2D eigenvalue weighted by atomic mass is 16.5. The van der Waals surface area contributed by atoms with Crippen LogP contribution in [0.5, 0.6) is 5.75 Å². The third kappa shape index (κ3) is 2.05. The highest BCUT2D eigenvalue weighted by Crippen LogP contribution is 2.02. The maximum atomic E-state index is 11.0. The number of carbonyl (C=O) groups excluding carboxylic acids is 1. The largest absolute Gasteiger partial charge is 0.504 e. The maximum absolute atomic E-state index is 11.0. The van der Waals surface area contributed by atoms with Crippen LogP contribution in [0, 0.1) is 0 Å². The molecular formula is C9H8O4. The molecule has 1 N–H and O–H groups in total. The molecule has 1 rings (SSSR count). The third-order valence-corrected chi connectivity index (χ3v) is 1.51. The van der Waals surface area contributed by atoms with Gasteiger partial charge in [0, 0.05) is 0 Å². The van der Waals surface area contributed by atoms with E-state index in [9.17, 15) is 9.59 Å². The highest BCUT2D eigenvalue weighted by molar-refractivity contribution is 5.89. The molecule has 0 radical (unpaired) electrons. The number of hydrogen-bond donors (Lipinski definition) is 1. The number of ether oxygens (including phenoxy) is 1. The minimum atomic E-state index is -0.546. The topological polar surface area (TPSA) is 63.6 Å². The molecule has 1 aromatic rings. The van der Waals surface area contributed by atoms with Crippen LogP contribution in [0.3, 0.4) is 0 Å². The first-order valence-corrected chi connectivity index (χ1v) is 3.57. The van der Waals surface area contributed by atoms with E-state index in [1.54, 1.807) is 0 Å². The van der Waals surface area contributed by atoms with Gasteiger partial charge in [0.1, 0.15) is 0 Å². The van der Waals surface area contributed by atoms with Gasteiger partial charge in [0.25, 0.3) is 0 Å². The molecule has 0 spiro atoms. The summed E-state index contributed by atoms with van der Waals surface area (Å²) in [4.78, 5) is 21.8. The van der Waals surface area contributed by atoms with Crippen LogP contribution in [0.25, 0.3) is 0 Å².